The van der Waals surface area contributed by atoms with E-state index in [-0.39, 0.29) is 5.75 Å². The minimum Gasteiger partial charge on any atom is -0.506 e. The summed E-state index contributed by atoms with van der Waals surface area (Å²) in [5, 5.41) is 18.0. The number of methoxy groups -OCH3 is 1. The quantitative estimate of drug-likeness (QED) is 0.800. The van der Waals surface area contributed by atoms with Gasteiger partial charge in [-0.1, -0.05) is 19.9 Å². The first-order valence-corrected chi connectivity index (χ1v) is 6.49. The van der Waals surface area contributed by atoms with Gasteiger partial charge in [-0.2, -0.15) is 5.11 Å². The van der Waals surface area contributed by atoms with Crippen LogP contribution >= 0.6 is 0 Å². The Kier molecular flexibility index (Phi) is 4.35. The summed E-state index contributed by atoms with van der Waals surface area (Å²) >= 11 is 0. The first-order valence-electron chi connectivity index (χ1n) is 6.49. The molecule has 0 aliphatic rings. The molecule has 0 amide bonds. The molecule has 0 saturated carbocycles. The lowest BCUT2D eigenvalue weighted by Gasteiger charge is -2.06. The largest absolute Gasteiger partial charge is 0.506 e. The van der Waals surface area contributed by atoms with Crippen LogP contribution in [-0.2, 0) is 0 Å². The maximum Gasteiger partial charge on any atom is 0.143 e. The van der Waals surface area contributed by atoms with Crippen LogP contribution in [0.25, 0.3) is 0 Å². The van der Waals surface area contributed by atoms with Crippen molar-refractivity contribution in [3.05, 3.63) is 48.0 Å². The predicted octanol–water partition coefficient (Wildman–Crippen LogP) is 4.94. The monoisotopic (exact) mass is 270 g/mol. The van der Waals surface area contributed by atoms with Gasteiger partial charge in [0.1, 0.15) is 17.2 Å². The second kappa shape index (κ2) is 6.19. The van der Waals surface area contributed by atoms with Crippen LogP contribution in [0.15, 0.2) is 52.7 Å². The first-order chi connectivity index (χ1) is 9.60. The Balaban J connectivity index is 2.23. The highest BCUT2D eigenvalue weighted by molar-refractivity contribution is 5.53. The fourth-order valence-electron chi connectivity index (χ4n) is 1.74. The number of azo groups is 1. The van der Waals surface area contributed by atoms with Crippen molar-refractivity contribution >= 4 is 11.4 Å². The van der Waals surface area contributed by atoms with Crippen LogP contribution < -0.4 is 4.74 Å². The Labute approximate surface area is 118 Å². The van der Waals surface area contributed by atoms with Crippen LogP contribution in [0.5, 0.6) is 11.5 Å². The van der Waals surface area contributed by atoms with E-state index in [1.807, 2.05) is 36.4 Å². The molecule has 0 radical (unpaired) electrons. The smallest absolute Gasteiger partial charge is 0.143 e. The van der Waals surface area contributed by atoms with Crippen LogP contribution in [0.4, 0.5) is 11.4 Å². The molecule has 0 unspecified atom stereocenters. The number of rotatable bonds is 4. The molecule has 0 bridgehead atoms. The summed E-state index contributed by atoms with van der Waals surface area (Å²) in [6.07, 6.45) is 0. The van der Waals surface area contributed by atoms with E-state index in [0.717, 1.165) is 11.3 Å². The van der Waals surface area contributed by atoms with E-state index in [1.54, 1.807) is 13.2 Å². The third kappa shape index (κ3) is 3.35. The molecule has 0 aliphatic heterocycles. The number of hydrogen-bond acceptors (Lipinski definition) is 4. The molecule has 0 heterocycles. The molecule has 1 N–H and O–H groups in total. The summed E-state index contributed by atoms with van der Waals surface area (Å²) in [5.74, 6) is 1.28. The van der Waals surface area contributed by atoms with Gasteiger partial charge < -0.3 is 9.84 Å². The van der Waals surface area contributed by atoms with Crippen molar-refractivity contribution in [2.75, 3.05) is 7.11 Å². The molecule has 0 fully saturated rings. The van der Waals surface area contributed by atoms with Crippen molar-refractivity contribution in [1.29, 1.82) is 0 Å². The summed E-state index contributed by atoms with van der Waals surface area (Å²) in [6, 6.07) is 12.7. The van der Waals surface area contributed by atoms with Gasteiger partial charge in [-0.05, 0) is 47.9 Å². The van der Waals surface area contributed by atoms with E-state index < -0.39 is 0 Å². The van der Waals surface area contributed by atoms with Gasteiger partial charge in [0.05, 0.1) is 12.8 Å². The minimum absolute atomic E-state index is 0.131. The summed E-state index contributed by atoms with van der Waals surface area (Å²) in [6.45, 7) is 4.19. The highest BCUT2D eigenvalue weighted by Gasteiger charge is 2.05. The molecule has 0 aliphatic carbocycles. The molecule has 0 saturated heterocycles. The minimum atomic E-state index is 0.131. The van der Waals surface area contributed by atoms with Crippen molar-refractivity contribution in [1.82, 2.24) is 0 Å². The van der Waals surface area contributed by atoms with Gasteiger partial charge in [0, 0.05) is 0 Å². The summed E-state index contributed by atoms with van der Waals surface area (Å²) in [5.41, 5.74) is 2.30. The zero-order valence-electron chi connectivity index (χ0n) is 11.9. The van der Waals surface area contributed by atoms with Crippen molar-refractivity contribution < 1.29 is 9.84 Å². The van der Waals surface area contributed by atoms with E-state index in [0.29, 0.717) is 17.3 Å². The molecule has 0 spiro atoms. The molecular weight excluding hydrogens is 252 g/mol. The normalized spacial score (nSPS) is 11.2. The number of ether oxygens (including phenoxy) is 1. The number of nitrogens with zero attached hydrogens (tertiary/aromatic N) is 2. The Morgan fingerprint density at radius 2 is 1.70 bits per heavy atom. The SMILES string of the molecule is COc1ccc(N=Nc2cc(C(C)C)ccc2O)cc1. The summed E-state index contributed by atoms with van der Waals surface area (Å²) in [7, 11) is 1.62. The second-order valence-corrected chi connectivity index (χ2v) is 4.80. The topological polar surface area (TPSA) is 54.2 Å². The molecule has 2 rings (SSSR count). The van der Waals surface area contributed by atoms with Crippen molar-refractivity contribution in [3.63, 3.8) is 0 Å². The highest BCUT2D eigenvalue weighted by atomic mass is 16.5. The zero-order valence-corrected chi connectivity index (χ0v) is 11.9. The third-order valence-electron chi connectivity index (χ3n) is 3.01. The molecule has 0 aromatic heterocycles. The lowest BCUT2D eigenvalue weighted by molar-refractivity contribution is 0.415. The van der Waals surface area contributed by atoms with Gasteiger partial charge in [-0.25, -0.2) is 0 Å². The van der Waals surface area contributed by atoms with Crippen molar-refractivity contribution in [2.24, 2.45) is 10.2 Å². The van der Waals surface area contributed by atoms with Crippen LogP contribution in [0.3, 0.4) is 0 Å². The highest BCUT2D eigenvalue weighted by Crippen LogP contribution is 2.31. The number of phenols is 1. The Morgan fingerprint density at radius 3 is 2.30 bits per heavy atom. The van der Waals surface area contributed by atoms with Gasteiger partial charge in [0.25, 0.3) is 0 Å². The standard InChI is InChI=1S/C16H18N2O2/c1-11(2)12-4-9-16(19)15(10-12)18-17-13-5-7-14(20-3)8-6-13/h4-11,19H,1-3H3. The van der Waals surface area contributed by atoms with E-state index in [1.165, 1.54) is 0 Å². The lowest BCUT2D eigenvalue weighted by Crippen LogP contribution is -1.85. The molecule has 2 aromatic carbocycles. The van der Waals surface area contributed by atoms with Crippen LogP contribution in [-0.4, -0.2) is 12.2 Å². The van der Waals surface area contributed by atoms with Gasteiger partial charge in [0.2, 0.25) is 0 Å². The summed E-state index contributed by atoms with van der Waals surface area (Å²) in [4.78, 5) is 0. The Hall–Kier alpha value is -2.36. The number of benzene rings is 2. The Morgan fingerprint density at radius 1 is 1.00 bits per heavy atom. The van der Waals surface area contributed by atoms with Crippen molar-refractivity contribution in [2.45, 2.75) is 19.8 Å². The van der Waals surface area contributed by atoms with Gasteiger partial charge in [0.15, 0.2) is 0 Å². The molecule has 0 atom stereocenters. The van der Waals surface area contributed by atoms with Gasteiger partial charge in [-0.15, -0.1) is 5.11 Å². The molecule has 2 aromatic rings. The maximum atomic E-state index is 9.80. The fraction of sp³-hybridized carbons (Fsp3) is 0.250. The first kappa shape index (κ1) is 14.1. The molecule has 4 heteroatoms. The average molecular weight is 270 g/mol. The Bertz CT molecular complexity index is 604. The number of hydrogen-bond donors (Lipinski definition) is 1. The van der Waals surface area contributed by atoms with E-state index in [2.05, 4.69) is 24.1 Å². The third-order valence-corrected chi connectivity index (χ3v) is 3.01. The molecule has 20 heavy (non-hydrogen) atoms. The number of aromatic hydroxyl groups is 1. The van der Waals surface area contributed by atoms with E-state index in [9.17, 15) is 5.11 Å². The van der Waals surface area contributed by atoms with E-state index >= 15 is 0 Å². The lowest BCUT2D eigenvalue weighted by atomic mass is 10.0. The van der Waals surface area contributed by atoms with Crippen molar-refractivity contribution in [3.8, 4) is 11.5 Å². The van der Waals surface area contributed by atoms with Crippen LogP contribution in [0, 0.1) is 0 Å². The second-order valence-electron chi connectivity index (χ2n) is 4.80. The van der Waals surface area contributed by atoms with E-state index in [4.69, 9.17) is 4.74 Å². The average Bonchev–Trinajstić information content (AvgIpc) is 2.46. The molecule has 104 valence electrons. The predicted molar refractivity (Wildman–Crippen MR) is 79.4 cm³/mol. The van der Waals surface area contributed by atoms with Crippen LogP contribution in [0.2, 0.25) is 0 Å². The van der Waals surface area contributed by atoms with Gasteiger partial charge >= 0.3 is 0 Å². The maximum absolute atomic E-state index is 9.80. The molecular formula is C16H18N2O2. The fourth-order valence-corrected chi connectivity index (χ4v) is 1.74. The summed E-state index contributed by atoms with van der Waals surface area (Å²) < 4.78 is 5.08. The zero-order chi connectivity index (χ0) is 14.5. The van der Waals surface area contributed by atoms with Crippen LogP contribution in [0.1, 0.15) is 25.3 Å². The molecule has 4 nitrogen and oxygen atoms in total. The number of phenolic OH excluding ortho intramolecular Hbond substituents is 1. The van der Waals surface area contributed by atoms with Gasteiger partial charge in [-0.3, -0.25) is 0 Å².